The minimum absolute atomic E-state index is 0.145. The minimum atomic E-state index is -0.550. The second kappa shape index (κ2) is 8.30. The molecule has 1 amide bonds. The maximum absolute atomic E-state index is 12.1. The van der Waals surface area contributed by atoms with Gasteiger partial charge in [-0.1, -0.05) is 26.0 Å². The second-order valence-corrected chi connectivity index (χ2v) is 6.42. The summed E-state index contributed by atoms with van der Waals surface area (Å²) in [6.07, 6.45) is 4.01. The van der Waals surface area contributed by atoms with Gasteiger partial charge in [0.15, 0.2) is 6.61 Å². The summed E-state index contributed by atoms with van der Waals surface area (Å²) >= 11 is 0. The smallest absolute Gasteiger partial charge is 0.331 e. The first-order valence-corrected chi connectivity index (χ1v) is 8.10. The van der Waals surface area contributed by atoms with Crippen LogP contribution in [0.25, 0.3) is 6.08 Å². The Hall–Kier alpha value is -2.61. The van der Waals surface area contributed by atoms with Crippen molar-refractivity contribution < 1.29 is 14.3 Å². The molecule has 1 saturated heterocycles. The summed E-state index contributed by atoms with van der Waals surface area (Å²) in [5.41, 5.74) is 1.35. The van der Waals surface area contributed by atoms with Gasteiger partial charge in [0.05, 0.1) is 11.6 Å². The molecule has 0 bridgehead atoms. The van der Waals surface area contributed by atoms with Crippen molar-refractivity contribution in [3.63, 3.8) is 0 Å². The van der Waals surface area contributed by atoms with Crippen LogP contribution in [-0.4, -0.2) is 36.5 Å². The molecule has 0 aromatic heterocycles. The number of carbonyl (C=O) groups excluding carboxylic acids is 2. The molecule has 2 atom stereocenters. The Morgan fingerprint density at radius 1 is 1.25 bits per heavy atom. The molecule has 5 nitrogen and oxygen atoms in total. The molecule has 1 aromatic carbocycles. The van der Waals surface area contributed by atoms with Crippen LogP contribution in [0.3, 0.4) is 0 Å². The van der Waals surface area contributed by atoms with E-state index in [1.165, 1.54) is 6.08 Å². The third kappa shape index (κ3) is 5.24. The van der Waals surface area contributed by atoms with E-state index in [1.807, 2.05) is 6.07 Å². The first kappa shape index (κ1) is 17.7. The maximum Gasteiger partial charge on any atom is 0.331 e. The van der Waals surface area contributed by atoms with Crippen molar-refractivity contribution in [3.05, 3.63) is 41.5 Å². The van der Waals surface area contributed by atoms with E-state index in [4.69, 9.17) is 10.00 Å². The number of amides is 1. The van der Waals surface area contributed by atoms with Crippen molar-refractivity contribution in [3.8, 4) is 6.07 Å². The fraction of sp³-hybridized carbons (Fsp3) is 0.421. The SMILES string of the molecule is C[C@H]1C[C@H](C)CN(C(=O)COC(=O)/C=C/c2ccc(C#N)cc2)C1. The normalized spacial score (nSPS) is 20.6. The van der Waals surface area contributed by atoms with Gasteiger partial charge in [0.25, 0.3) is 5.91 Å². The first-order chi connectivity index (χ1) is 11.5. The molecule has 0 unspecified atom stereocenters. The molecule has 1 aliphatic heterocycles. The van der Waals surface area contributed by atoms with Crippen LogP contribution in [0.1, 0.15) is 31.4 Å². The van der Waals surface area contributed by atoms with Crippen LogP contribution < -0.4 is 0 Å². The molecule has 126 valence electrons. The lowest BCUT2D eigenvalue weighted by Gasteiger charge is -2.34. The average molecular weight is 326 g/mol. The molecule has 1 heterocycles. The van der Waals surface area contributed by atoms with Gasteiger partial charge in [-0.2, -0.15) is 5.26 Å². The van der Waals surface area contributed by atoms with Crippen LogP contribution in [0.2, 0.25) is 0 Å². The van der Waals surface area contributed by atoms with Crippen LogP contribution in [0, 0.1) is 23.2 Å². The minimum Gasteiger partial charge on any atom is -0.452 e. The van der Waals surface area contributed by atoms with Gasteiger partial charge >= 0.3 is 5.97 Å². The Bertz CT molecular complexity index is 648. The van der Waals surface area contributed by atoms with E-state index in [0.717, 1.165) is 25.1 Å². The van der Waals surface area contributed by atoms with Crippen molar-refractivity contribution in [1.29, 1.82) is 5.26 Å². The lowest BCUT2D eigenvalue weighted by atomic mass is 9.92. The zero-order valence-electron chi connectivity index (χ0n) is 14.1. The summed E-state index contributed by atoms with van der Waals surface area (Å²) in [6, 6.07) is 8.86. The number of hydrogen-bond acceptors (Lipinski definition) is 4. The zero-order valence-corrected chi connectivity index (χ0v) is 14.1. The number of nitriles is 1. The lowest BCUT2D eigenvalue weighted by molar-refractivity contribution is -0.149. The third-order valence-electron chi connectivity index (χ3n) is 4.01. The molecular weight excluding hydrogens is 304 g/mol. The van der Waals surface area contributed by atoms with Crippen molar-refractivity contribution >= 4 is 18.0 Å². The molecule has 1 aliphatic rings. The lowest BCUT2D eigenvalue weighted by Crippen LogP contribution is -2.44. The molecule has 0 radical (unpaired) electrons. The summed E-state index contributed by atoms with van der Waals surface area (Å²) < 4.78 is 5.02. The average Bonchev–Trinajstić information content (AvgIpc) is 2.57. The Labute approximate surface area is 142 Å². The number of carbonyl (C=O) groups is 2. The van der Waals surface area contributed by atoms with E-state index < -0.39 is 5.97 Å². The molecule has 0 N–H and O–H groups in total. The summed E-state index contributed by atoms with van der Waals surface area (Å²) in [6.45, 7) is 5.48. The van der Waals surface area contributed by atoms with E-state index in [2.05, 4.69) is 13.8 Å². The molecule has 1 fully saturated rings. The molecule has 2 rings (SSSR count). The number of benzene rings is 1. The summed E-state index contributed by atoms with van der Waals surface area (Å²) in [5, 5.41) is 8.73. The van der Waals surface area contributed by atoms with E-state index in [1.54, 1.807) is 35.2 Å². The highest BCUT2D eigenvalue weighted by molar-refractivity contribution is 5.89. The highest BCUT2D eigenvalue weighted by atomic mass is 16.5. The highest BCUT2D eigenvalue weighted by Gasteiger charge is 2.25. The van der Waals surface area contributed by atoms with E-state index in [9.17, 15) is 9.59 Å². The van der Waals surface area contributed by atoms with Crippen LogP contribution in [0.4, 0.5) is 0 Å². The number of nitrogens with zero attached hydrogens (tertiary/aromatic N) is 2. The predicted molar refractivity (Wildman–Crippen MR) is 90.7 cm³/mol. The van der Waals surface area contributed by atoms with Gasteiger partial charge in [-0.25, -0.2) is 4.79 Å². The monoisotopic (exact) mass is 326 g/mol. The van der Waals surface area contributed by atoms with Crippen LogP contribution >= 0.6 is 0 Å². The number of esters is 1. The molecule has 0 spiro atoms. The van der Waals surface area contributed by atoms with Gasteiger partial charge in [0.1, 0.15) is 0 Å². The van der Waals surface area contributed by atoms with Crippen LogP contribution in [0.5, 0.6) is 0 Å². The van der Waals surface area contributed by atoms with E-state index in [0.29, 0.717) is 17.4 Å². The Balaban J connectivity index is 1.80. The van der Waals surface area contributed by atoms with Gasteiger partial charge < -0.3 is 9.64 Å². The number of piperidine rings is 1. The Morgan fingerprint density at radius 3 is 2.46 bits per heavy atom. The molecule has 1 aromatic rings. The summed E-state index contributed by atoms with van der Waals surface area (Å²) in [7, 11) is 0. The predicted octanol–water partition coefficient (Wildman–Crippen LogP) is 2.62. The molecule has 5 heteroatoms. The maximum atomic E-state index is 12.1. The number of rotatable bonds is 4. The Kier molecular flexibility index (Phi) is 6.14. The summed E-state index contributed by atoms with van der Waals surface area (Å²) in [4.78, 5) is 25.6. The van der Waals surface area contributed by atoms with Gasteiger partial charge in [-0.3, -0.25) is 4.79 Å². The summed E-state index contributed by atoms with van der Waals surface area (Å²) in [5.74, 6) is 0.258. The van der Waals surface area contributed by atoms with Gasteiger partial charge in [-0.15, -0.1) is 0 Å². The van der Waals surface area contributed by atoms with Crippen LogP contribution in [0.15, 0.2) is 30.3 Å². The topological polar surface area (TPSA) is 70.4 Å². The van der Waals surface area contributed by atoms with Crippen molar-refractivity contribution in [2.75, 3.05) is 19.7 Å². The highest BCUT2D eigenvalue weighted by Crippen LogP contribution is 2.20. The number of likely N-dealkylation sites (tertiary alicyclic amines) is 1. The second-order valence-electron chi connectivity index (χ2n) is 6.42. The number of ether oxygens (including phenoxy) is 1. The largest absolute Gasteiger partial charge is 0.452 e. The molecule has 24 heavy (non-hydrogen) atoms. The van der Waals surface area contributed by atoms with Crippen molar-refractivity contribution in [2.45, 2.75) is 20.3 Å². The first-order valence-electron chi connectivity index (χ1n) is 8.10. The van der Waals surface area contributed by atoms with Gasteiger partial charge in [0, 0.05) is 19.2 Å². The third-order valence-corrected chi connectivity index (χ3v) is 4.01. The molecule has 0 saturated carbocycles. The standard InChI is InChI=1S/C19H22N2O3/c1-14-9-15(2)12-21(11-14)18(22)13-24-19(23)8-7-16-3-5-17(10-20)6-4-16/h3-8,14-15H,9,11-13H2,1-2H3/b8-7+/t14-,15-/m0/s1. The van der Waals surface area contributed by atoms with Crippen molar-refractivity contribution in [2.24, 2.45) is 11.8 Å². The zero-order chi connectivity index (χ0) is 17.5. The quantitative estimate of drug-likeness (QED) is 0.630. The fourth-order valence-corrected chi connectivity index (χ4v) is 2.97. The van der Waals surface area contributed by atoms with Gasteiger partial charge in [0.2, 0.25) is 0 Å². The Morgan fingerprint density at radius 2 is 1.88 bits per heavy atom. The molecular formula is C19H22N2O3. The number of hydrogen-bond donors (Lipinski definition) is 0. The van der Waals surface area contributed by atoms with E-state index >= 15 is 0 Å². The van der Waals surface area contributed by atoms with Gasteiger partial charge in [-0.05, 0) is 42.0 Å². The van der Waals surface area contributed by atoms with E-state index in [-0.39, 0.29) is 12.5 Å². The van der Waals surface area contributed by atoms with Crippen LogP contribution in [-0.2, 0) is 14.3 Å². The van der Waals surface area contributed by atoms with Crippen molar-refractivity contribution in [1.82, 2.24) is 4.90 Å². The fourth-order valence-electron chi connectivity index (χ4n) is 2.97. The molecule has 0 aliphatic carbocycles.